The fourth-order valence-corrected chi connectivity index (χ4v) is 5.33. The van der Waals surface area contributed by atoms with E-state index in [-0.39, 0.29) is 17.8 Å². The van der Waals surface area contributed by atoms with Crippen LogP contribution in [-0.4, -0.2) is 49.4 Å². The first-order chi connectivity index (χ1) is 18.3. The Kier molecular flexibility index (Phi) is 11.6. The maximum Gasteiger partial charge on any atom is 0.251 e. The van der Waals surface area contributed by atoms with Crippen molar-refractivity contribution in [3.63, 3.8) is 0 Å². The monoisotopic (exact) mass is 518 g/mol. The number of nitrogens with one attached hydrogen (secondary N) is 1. The van der Waals surface area contributed by atoms with E-state index in [9.17, 15) is 9.59 Å². The Bertz CT molecular complexity index is 1170. The smallest absolute Gasteiger partial charge is 0.251 e. The molecule has 0 aliphatic carbocycles. The average molecular weight is 519 g/mol. The van der Waals surface area contributed by atoms with Crippen LogP contribution in [0.15, 0.2) is 36.4 Å². The van der Waals surface area contributed by atoms with Crippen molar-refractivity contribution in [2.24, 2.45) is 5.92 Å². The number of Topliss-reactive ketones (excluding diaryl/α,β-unsaturated/α-hetero) is 1. The normalized spacial score (nSPS) is 16.7. The molecule has 1 heterocycles. The molecule has 2 aromatic carbocycles. The van der Waals surface area contributed by atoms with Crippen LogP contribution in [0.3, 0.4) is 0 Å². The second kappa shape index (κ2) is 14.9. The number of hydrogen-bond donors (Lipinski definition) is 1. The SMILES string of the molecule is C=c1ccc(C(=O)NC[C@H]2CCCCO2)c(C)/c1=C/N(C)CC(CCC)CCCC(=O)c1ccc(C)cc1. The lowest BCUT2D eigenvalue weighted by molar-refractivity contribution is 0.0169. The van der Waals surface area contributed by atoms with Crippen molar-refractivity contribution in [2.45, 2.75) is 78.2 Å². The maximum atomic E-state index is 13.0. The van der Waals surface area contributed by atoms with E-state index in [1.165, 1.54) is 5.56 Å². The standard InChI is InChI=1S/C33H46N2O3/c1-6-10-27(11-9-13-32(36)28-17-14-24(2)15-18-28)22-35(5)23-31-25(3)16-19-30(26(31)4)33(37)34-21-29-12-7-8-20-38-29/h14-19,23,27,29H,3,6-13,20-22H2,1-2,4-5H3,(H,34,37)/b31-23+/t27?,29-/m1/s1. The number of ketones is 1. The molecule has 0 bridgehead atoms. The highest BCUT2D eigenvalue weighted by atomic mass is 16.5. The van der Waals surface area contributed by atoms with E-state index in [2.05, 4.69) is 37.0 Å². The van der Waals surface area contributed by atoms with Crippen molar-refractivity contribution in [1.82, 2.24) is 10.2 Å². The summed E-state index contributed by atoms with van der Waals surface area (Å²) in [5.41, 5.74) is 3.61. The molecule has 0 spiro atoms. The molecule has 38 heavy (non-hydrogen) atoms. The van der Waals surface area contributed by atoms with E-state index in [4.69, 9.17) is 4.74 Å². The van der Waals surface area contributed by atoms with Crippen LogP contribution in [0.25, 0.3) is 12.8 Å². The molecular formula is C33H46N2O3. The number of carbonyl (C=O) groups excluding carboxylic acids is 2. The lowest BCUT2D eigenvalue weighted by Crippen LogP contribution is -2.38. The number of rotatable bonds is 13. The van der Waals surface area contributed by atoms with Gasteiger partial charge in [0.2, 0.25) is 0 Å². The molecule has 3 rings (SSSR count). The van der Waals surface area contributed by atoms with Gasteiger partial charge in [-0.15, -0.1) is 0 Å². The highest BCUT2D eigenvalue weighted by Gasteiger charge is 2.17. The third-order valence-electron chi connectivity index (χ3n) is 7.60. The van der Waals surface area contributed by atoms with E-state index >= 15 is 0 Å². The van der Waals surface area contributed by atoms with Gasteiger partial charge in [-0.2, -0.15) is 0 Å². The molecule has 1 unspecified atom stereocenters. The largest absolute Gasteiger partial charge is 0.380 e. The highest BCUT2D eigenvalue weighted by Crippen LogP contribution is 2.18. The molecule has 1 fully saturated rings. The minimum absolute atomic E-state index is 0.0592. The Labute approximate surface area is 229 Å². The van der Waals surface area contributed by atoms with E-state index in [1.54, 1.807) is 0 Å². The van der Waals surface area contributed by atoms with Crippen LogP contribution >= 0.6 is 0 Å². The van der Waals surface area contributed by atoms with E-state index in [1.807, 2.05) is 50.2 Å². The van der Waals surface area contributed by atoms with Crippen molar-refractivity contribution in [1.29, 1.82) is 0 Å². The first kappa shape index (κ1) is 29.6. The Hall–Kier alpha value is -2.92. The summed E-state index contributed by atoms with van der Waals surface area (Å²) in [4.78, 5) is 27.8. The van der Waals surface area contributed by atoms with E-state index < -0.39 is 0 Å². The van der Waals surface area contributed by atoms with Gasteiger partial charge < -0.3 is 15.0 Å². The topological polar surface area (TPSA) is 58.6 Å². The van der Waals surface area contributed by atoms with Crippen molar-refractivity contribution >= 4 is 24.5 Å². The fourth-order valence-electron chi connectivity index (χ4n) is 5.33. The summed E-state index contributed by atoms with van der Waals surface area (Å²) >= 11 is 0. The van der Waals surface area contributed by atoms with Crippen LogP contribution in [0.4, 0.5) is 0 Å². The Balaban J connectivity index is 1.61. The van der Waals surface area contributed by atoms with Crippen LogP contribution in [0.5, 0.6) is 0 Å². The predicted octanol–water partition coefficient (Wildman–Crippen LogP) is 5.15. The van der Waals surface area contributed by atoms with Gasteiger partial charge in [0.15, 0.2) is 5.78 Å². The minimum Gasteiger partial charge on any atom is -0.380 e. The summed E-state index contributed by atoms with van der Waals surface area (Å²) in [5, 5.41) is 4.98. The number of benzene rings is 2. The number of aryl methyl sites for hydroxylation is 1. The lowest BCUT2D eigenvalue weighted by Gasteiger charge is -2.23. The first-order valence-electron chi connectivity index (χ1n) is 14.3. The Morgan fingerprint density at radius 3 is 2.58 bits per heavy atom. The van der Waals surface area contributed by atoms with Gasteiger partial charge in [0.05, 0.1) is 6.10 Å². The van der Waals surface area contributed by atoms with Gasteiger partial charge in [-0.25, -0.2) is 0 Å². The molecule has 1 amide bonds. The first-order valence-corrected chi connectivity index (χ1v) is 14.3. The van der Waals surface area contributed by atoms with Gasteiger partial charge in [-0.05, 0) is 75.1 Å². The highest BCUT2D eigenvalue weighted by molar-refractivity contribution is 5.96. The summed E-state index contributed by atoms with van der Waals surface area (Å²) in [6.07, 6.45) is 10.2. The third-order valence-corrected chi connectivity index (χ3v) is 7.60. The molecule has 5 nitrogen and oxygen atoms in total. The minimum atomic E-state index is -0.0592. The average Bonchev–Trinajstić information content (AvgIpc) is 2.90. The molecule has 5 heteroatoms. The number of nitrogens with zero attached hydrogens (tertiary/aromatic N) is 1. The molecule has 1 aliphatic heterocycles. The summed E-state index contributed by atoms with van der Waals surface area (Å²) in [6.45, 7) is 12.7. The number of hydrogen-bond acceptors (Lipinski definition) is 4. The van der Waals surface area contributed by atoms with Gasteiger partial charge in [0.1, 0.15) is 0 Å². The molecule has 1 saturated heterocycles. The van der Waals surface area contributed by atoms with Crippen molar-refractivity contribution < 1.29 is 14.3 Å². The maximum absolute atomic E-state index is 13.0. The van der Waals surface area contributed by atoms with Crippen LogP contribution < -0.4 is 15.8 Å². The van der Waals surface area contributed by atoms with Crippen LogP contribution in [0.1, 0.15) is 90.1 Å². The van der Waals surface area contributed by atoms with E-state index in [0.717, 1.165) is 79.7 Å². The molecule has 0 aromatic heterocycles. The van der Waals surface area contributed by atoms with Gasteiger partial charge in [-0.1, -0.05) is 55.8 Å². The Morgan fingerprint density at radius 2 is 1.89 bits per heavy atom. The quantitative estimate of drug-likeness (QED) is 0.373. The van der Waals surface area contributed by atoms with Gasteiger partial charge in [0, 0.05) is 55.7 Å². The lowest BCUT2D eigenvalue weighted by atomic mass is 9.94. The Morgan fingerprint density at radius 1 is 1.13 bits per heavy atom. The number of amides is 1. The van der Waals surface area contributed by atoms with Gasteiger partial charge in [-0.3, -0.25) is 9.59 Å². The van der Waals surface area contributed by atoms with Crippen molar-refractivity contribution in [3.8, 4) is 0 Å². The number of ether oxygens (including phenoxy) is 1. The fraction of sp³-hybridized carbons (Fsp3) is 0.515. The molecule has 1 aliphatic rings. The zero-order valence-corrected chi connectivity index (χ0v) is 23.9. The van der Waals surface area contributed by atoms with E-state index in [0.29, 0.717) is 24.4 Å². The zero-order chi connectivity index (χ0) is 27.5. The van der Waals surface area contributed by atoms with Crippen LogP contribution in [0, 0.1) is 19.8 Å². The molecule has 2 aromatic rings. The zero-order valence-electron chi connectivity index (χ0n) is 23.9. The van der Waals surface area contributed by atoms with Crippen molar-refractivity contribution in [3.05, 3.63) is 69.1 Å². The second-order valence-corrected chi connectivity index (χ2v) is 10.9. The summed E-state index contributed by atoms with van der Waals surface area (Å²) < 4.78 is 5.76. The summed E-state index contributed by atoms with van der Waals surface area (Å²) in [6, 6.07) is 11.7. The van der Waals surface area contributed by atoms with Crippen LogP contribution in [-0.2, 0) is 4.74 Å². The summed E-state index contributed by atoms with van der Waals surface area (Å²) in [5.74, 6) is 0.668. The molecule has 0 radical (unpaired) electrons. The van der Waals surface area contributed by atoms with Gasteiger partial charge in [0.25, 0.3) is 5.91 Å². The predicted molar refractivity (Wildman–Crippen MR) is 157 cm³/mol. The van der Waals surface area contributed by atoms with Gasteiger partial charge >= 0.3 is 0 Å². The van der Waals surface area contributed by atoms with Crippen molar-refractivity contribution in [2.75, 3.05) is 26.7 Å². The summed E-state index contributed by atoms with van der Waals surface area (Å²) in [7, 11) is 2.09. The molecule has 0 saturated carbocycles. The molecule has 206 valence electrons. The molecular weight excluding hydrogens is 472 g/mol. The third kappa shape index (κ3) is 8.83. The molecule has 1 N–H and O–H groups in total. The molecule has 2 atom stereocenters. The number of carbonyl (C=O) groups is 2. The second-order valence-electron chi connectivity index (χ2n) is 10.9. The van der Waals surface area contributed by atoms with Crippen LogP contribution in [0.2, 0.25) is 0 Å².